The second kappa shape index (κ2) is 5.55. The molecule has 17 heavy (non-hydrogen) atoms. The van der Waals surface area contributed by atoms with Gasteiger partial charge in [-0.05, 0) is 31.0 Å². The predicted molar refractivity (Wildman–Crippen MR) is 69.6 cm³/mol. The molecule has 0 atom stereocenters. The Balaban J connectivity index is 2.80. The quantitative estimate of drug-likeness (QED) is 0.680. The summed E-state index contributed by atoms with van der Waals surface area (Å²) in [5, 5.41) is 22.2. The van der Waals surface area contributed by atoms with Crippen molar-refractivity contribution in [3.8, 4) is 6.07 Å². The summed E-state index contributed by atoms with van der Waals surface area (Å²) in [5.41, 5.74) is 6.65. The summed E-state index contributed by atoms with van der Waals surface area (Å²) in [6.07, 6.45) is 1.35. The van der Waals surface area contributed by atoms with Gasteiger partial charge in [-0.25, -0.2) is 0 Å². The molecule has 92 valence electrons. The van der Waals surface area contributed by atoms with Gasteiger partial charge >= 0.3 is 0 Å². The van der Waals surface area contributed by atoms with Gasteiger partial charge in [-0.3, -0.25) is 0 Å². The Kier molecular flexibility index (Phi) is 4.36. The zero-order valence-electron chi connectivity index (χ0n) is 10.3. The van der Waals surface area contributed by atoms with E-state index in [2.05, 4.69) is 11.4 Å². The molecule has 4 nitrogen and oxygen atoms in total. The number of hydrogen-bond donors (Lipinski definition) is 3. The molecule has 1 aromatic carbocycles. The number of rotatable bonds is 5. The largest absolute Gasteiger partial charge is 0.399 e. The summed E-state index contributed by atoms with van der Waals surface area (Å²) >= 11 is 0. The average Bonchev–Trinajstić information content (AvgIpc) is 2.36. The van der Waals surface area contributed by atoms with E-state index in [-0.39, 0.29) is 0 Å². The fraction of sp³-hybridized carbons (Fsp3) is 0.462. The number of aliphatic hydroxyl groups is 1. The minimum atomic E-state index is -0.728. The number of benzene rings is 1. The Morgan fingerprint density at radius 2 is 2.06 bits per heavy atom. The minimum absolute atomic E-state index is 0.429. The molecule has 1 rings (SSSR count). The lowest BCUT2D eigenvalue weighted by atomic mass is 9.97. The van der Waals surface area contributed by atoms with Gasteiger partial charge in [0.05, 0.1) is 16.9 Å². The molecule has 0 fully saturated rings. The Bertz CT molecular complexity index is 419. The van der Waals surface area contributed by atoms with Crippen molar-refractivity contribution in [2.24, 2.45) is 0 Å². The van der Waals surface area contributed by atoms with Gasteiger partial charge in [-0.2, -0.15) is 5.26 Å². The van der Waals surface area contributed by atoms with E-state index in [1.54, 1.807) is 18.2 Å². The maximum atomic E-state index is 10.1. The summed E-state index contributed by atoms with van der Waals surface area (Å²) in [4.78, 5) is 0. The lowest BCUT2D eigenvalue weighted by molar-refractivity contribution is 0.0457. The standard InChI is InChI=1S/C13H19N3O/c1-3-13(17,4-2)9-16-12-6-5-11(15)7-10(12)8-14/h5-7,16-17H,3-4,9,15H2,1-2H3. The Hall–Kier alpha value is -1.73. The molecule has 1 aromatic rings. The van der Waals surface area contributed by atoms with Gasteiger partial charge in [-0.1, -0.05) is 13.8 Å². The van der Waals surface area contributed by atoms with Gasteiger partial charge in [-0.15, -0.1) is 0 Å². The van der Waals surface area contributed by atoms with Crippen molar-refractivity contribution in [2.45, 2.75) is 32.3 Å². The summed E-state index contributed by atoms with van der Waals surface area (Å²) in [6, 6.07) is 7.21. The van der Waals surface area contributed by atoms with E-state index in [1.165, 1.54) is 0 Å². The van der Waals surface area contributed by atoms with E-state index in [0.29, 0.717) is 36.3 Å². The molecule has 0 aliphatic rings. The first kappa shape index (κ1) is 13.3. The number of nitrogens with zero attached hydrogens (tertiary/aromatic N) is 1. The van der Waals surface area contributed by atoms with Crippen molar-refractivity contribution >= 4 is 11.4 Å². The van der Waals surface area contributed by atoms with Gasteiger partial charge in [0.2, 0.25) is 0 Å². The predicted octanol–water partition coefficient (Wildman–Crippen LogP) is 2.10. The van der Waals surface area contributed by atoms with Crippen molar-refractivity contribution in [3.63, 3.8) is 0 Å². The maximum absolute atomic E-state index is 10.1. The third-order valence-electron chi connectivity index (χ3n) is 3.09. The summed E-state index contributed by atoms with van der Waals surface area (Å²) < 4.78 is 0. The number of nitriles is 1. The van der Waals surface area contributed by atoms with Crippen molar-refractivity contribution in [2.75, 3.05) is 17.6 Å². The SMILES string of the molecule is CCC(O)(CC)CNc1ccc(N)cc1C#N. The fourth-order valence-corrected chi connectivity index (χ4v) is 1.57. The first-order chi connectivity index (χ1) is 8.04. The number of hydrogen-bond acceptors (Lipinski definition) is 4. The zero-order valence-corrected chi connectivity index (χ0v) is 10.3. The summed E-state index contributed by atoms with van der Waals surface area (Å²) in [7, 11) is 0. The van der Waals surface area contributed by atoms with Gasteiger partial charge in [0.25, 0.3) is 0 Å². The van der Waals surface area contributed by atoms with Gasteiger partial charge in [0, 0.05) is 12.2 Å². The molecule has 0 saturated carbocycles. The topological polar surface area (TPSA) is 82.1 Å². The molecule has 0 unspecified atom stereocenters. The summed E-state index contributed by atoms with van der Waals surface area (Å²) in [5.74, 6) is 0. The van der Waals surface area contributed by atoms with Crippen LogP contribution < -0.4 is 11.1 Å². The molecule has 4 N–H and O–H groups in total. The molecular formula is C13H19N3O. The molecular weight excluding hydrogens is 214 g/mol. The lowest BCUT2D eigenvalue weighted by Gasteiger charge is -2.26. The molecule has 0 aliphatic carbocycles. The first-order valence-corrected chi connectivity index (χ1v) is 5.80. The monoisotopic (exact) mass is 233 g/mol. The van der Waals surface area contributed by atoms with Crippen LogP contribution >= 0.6 is 0 Å². The van der Waals surface area contributed by atoms with Gasteiger partial charge in [0.1, 0.15) is 6.07 Å². The second-order valence-electron chi connectivity index (χ2n) is 4.20. The molecule has 0 spiro atoms. The van der Waals surface area contributed by atoms with Crippen molar-refractivity contribution in [3.05, 3.63) is 23.8 Å². The zero-order chi connectivity index (χ0) is 12.9. The molecule has 0 aliphatic heterocycles. The Morgan fingerprint density at radius 3 is 2.59 bits per heavy atom. The van der Waals surface area contributed by atoms with Crippen LogP contribution in [0.4, 0.5) is 11.4 Å². The van der Waals surface area contributed by atoms with Crippen LogP contribution in [-0.2, 0) is 0 Å². The Labute approximate surface area is 102 Å². The van der Waals surface area contributed by atoms with Crippen LogP contribution in [0, 0.1) is 11.3 Å². The van der Waals surface area contributed by atoms with Crippen LogP contribution in [0.1, 0.15) is 32.3 Å². The number of nitrogen functional groups attached to an aromatic ring is 1. The van der Waals surface area contributed by atoms with Gasteiger partial charge < -0.3 is 16.2 Å². The maximum Gasteiger partial charge on any atom is 0.101 e. The fourth-order valence-electron chi connectivity index (χ4n) is 1.57. The second-order valence-corrected chi connectivity index (χ2v) is 4.20. The van der Waals surface area contributed by atoms with Crippen LogP contribution in [0.3, 0.4) is 0 Å². The first-order valence-electron chi connectivity index (χ1n) is 5.80. The van der Waals surface area contributed by atoms with Gasteiger partial charge in [0.15, 0.2) is 0 Å². The third kappa shape index (κ3) is 3.36. The average molecular weight is 233 g/mol. The number of nitrogens with two attached hydrogens (primary N) is 1. The normalized spacial score (nSPS) is 10.9. The van der Waals surface area contributed by atoms with Crippen LogP contribution in [-0.4, -0.2) is 17.3 Å². The number of nitrogens with one attached hydrogen (secondary N) is 1. The van der Waals surface area contributed by atoms with Crippen molar-refractivity contribution < 1.29 is 5.11 Å². The Morgan fingerprint density at radius 1 is 1.41 bits per heavy atom. The van der Waals surface area contributed by atoms with Crippen LogP contribution in [0.5, 0.6) is 0 Å². The molecule has 4 heteroatoms. The van der Waals surface area contributed by atoms with E-state index in [9.17, 15) is 5.11 Å². The molecule has 0 radical (unpaired) electrons. The van der Waals surface area contributed by atoms with Crippen LogP contribution in [0.25, 0.3) is 0 Å². The summed E-state index contributed by atoms with van der Waals surface area (Å²) in [6.45, 7) is 4.32. The number of anilines is 2. The molecule has 0 amide bonds. The molecule has 0 heterocycles. The highest BCUT2D eigenvalue weighted by Crippen LogP contribution is 2.21. The minimum Gasteiger partial charge on any atom is -0.399 e. The highest BCUT2D eigenvalue weighted by Gasteiger charge is 2.21. The smallest absolute Gasteiger partial charge is 0.101 e. The molecule has 0 saturated heterocycles. The highest BCUT2D eigenvalue weighted by molar-refractivity contribution is 5.63. The van der Waals surface area contributed by atoms with Crippen LogP contribution in [0.15, 0.2) is 18.2 Å². The van der Waals surface area contributed by atoms with E-state index in [0.717, 1.165) is 0 Å². The molecule has 0 aromatic heterocycles. The van der Waals surface area contributed by atoms with Crippen molar-refractivity contribution in [1.29, 1.82) is 5.26 Å². The van der Waals surface area contributed by atoms with E-state index in [4.69, 9.17) is 11.0 Å². The lowest BCUT2D eigenvalue weighted by Crippen LogP contribution is -2.35. The van der Waals surface area contributed by atoms with Crippen LogP contribution in [0.2, 0.25) is 0 Å². The highest BCUT2D eigenvalue weighted by atomic mass is 16.3. The molecule has 0 bridgehead atoms. The van der Waals surface area contributed by atoms with E-state index in [1.807, 2.05) is 13.8 Å². The van der Waals surface area contributed by atoms with E-state index < -0.39 is 5.60 Å². The third-order valence-corrected chi connectivity index (χ3v) is 3.09. The van der Waals surface area contributed by atoms with Crippen molar-refractivity contribution in [1.82, 2.24) is 0 Å². The van der Waals surface area contributed by atoms with E-state index >= 15 is 0 Å².